The number of aromatic nitrogens is 4. The van der Waals surface area contributed by atoms with Gasteiger partial charge < -0.3 is 0 Å². The molecule has 1 heterocycles. The minimum atomic E-state index is 0.727. The van der Waals surface area contributed by atoms with E-state index in [4.69, 9.17) is 11.6 Å². The predicted molar refractivity (Wildman–Crippen MR) is 89.6 cm³/mol. The van der Waals surface area contributed by atoms with Gasteiger partial charge in [0.2, 0.25) is 5.16 Å². The Kier molecular flexibility index (Phi) is 4.45. The molecule has 0 amide bonds. The molecule has 112 valence electrons. The maximum Gasteiger partial charge on any atom is 0.214 e. The molecule has 4 nitrogen and oxygen atoms in total. The highest BCUT2D eigenvalue weighted by Crippen LogP contribution is 2.28. The zero-order chi connectivity index (χ0) is 15.5. The van der Waals surface area contributed by atoms with E-state index in [9.17, 15) is 0 Å². The van der Waals surface area contributed by atoms with Crippen LogP contribution in [0.3, 0.4) is 0 Å². The first-order valence-electron chi connectivity index (χ1n) is 6.88. The van der Waals surface area contributed by atoms with Crippen molar-refractivity contribution in [2.45, 2.75) is 24.8 Å². The molecule has 6 heteroatoms. The van der Waals surface area contributed by atoms with Gasteiger partial charge in [0.25, 0.3) is 0 Å². The number of halogens is 1. The van der Waals surface area contributed by atoms with Gasteiger partial charge in [-0.25, -0.2) is 0 Å². The van der Waals surface area contributed by atoms with Gasteiger partial charge in [-0.15, -0.1) is 5.10 Å². The van der Waals surface area contributed by atoms with Crippen molar-refractivity contribution in [2.24, 2.45) is 0 Å². The van der Waals surface area contributed by atoms with Crippen LogP contribution in [0.1, 0.15) is 16.7 Å². The van der Waals surface area contributed by atoms with Crippen molar-refractivity contribution in [3.05, 3.63) is 64.2 Å². The smallest absolute Gasteiger partial charge is 0.187 e. The summed E-state index contributed by atoms with van der Waals surface area (Å²) in [7, 11) is 0. The number of tetrazole rings is 1. The molecule has 0 atom stereocenters. The molecule has 0 saturated carbocycles. The lowest BCUT2D eigenvalue weighted by Crippen LogP contribution is -2.04. The van der Waals surface area contributed by atoms with Gasteiger partial charge in [0, 0.05) is 10.8 Å². The van der Waals surface area contributed by atoms with Gasteiger partial charge in [0.15, 0.2) is 0 Å². The molecule has 2 aromatic carbocycles. The molecule has 0 aliphatic carbocycles. The van der Waals surface area contributed by atoms with E-state index in [0.717, 1.165) is 38.3 Å². The predicted octanol–water partition coefficient (Wildman–Crippen LogP) is 4.22. The number of thioether (sulfide) groups is 1. The maximum atomic E-state index is 6.20. The Labute approximate surface area is 138 Å². The number of para-hydroxylation sites is 1. The lowest BCUT2D eigenvalue weighted by atomic mass is 10.1. The lowest BCUT2D eigenvalue weighted by Gasteiger charge is -2.10. The molecule has 0 aliphatic rings. The summed E-state index contributed by atoms with van der Waals surface area (Å²) in [5.41, 5.74) is 4.40. The van der Waals surface area contributed by atoms with E-state index < -0.39 is 0 Å². The monoisotopic (exact) mass is 330 g/mol. The van der Waals surface area contributed by atoms with Gasteiger partial charge in [-0.05, 0) is 47.0 Å². The van der Waals surface area contributed by atoms with Crippen LogP contribution < -0.4 is 0 Å². The SMILES string of the molecule is Cc1cccc(C)c1-n1nnnc1SCc1ccccc1Cl. The van der Waals surface area contributed by atoms with E-state index in [1.807, 2.05) is 30.3 Å². The van der Waals surface area contributed by atoms with Crippen LogP contribution in [0.5, 0.6) is 0 Å². The van der Waals surface area contributed by atoms with E-state index in [1.165, 1.54) is 0 Å². The molecule has 0 spiro atoms. The first kappa shape index (κ1) is 15.1. The number of nitrogens with zero attached hydrogens (tertiary/aromatic N) is 4. The topological polar surface area (TPSA) is 43.6 Å². The summed E-state index contributed by atoms with van der Waals surface area (Å²) >= 11 is 7.78. The molecular weight excluding hydrogens is 316 g/mol. The van der Waals surface area contributed by atoms with Crippen LogP contribution in [0.2, 0.25) is 5.02 Å². The molecule has 3 aromatic rings. The van der Waals surface area contributed by atoms with E-state index >= 15 is 0 Å². The van der Waals surface area contributed by atoms with Gasteiger partial charge in [0.1, 0.15) is 0 Å². The average Bonchev–Trinajstić information content (AvgIpc) is 2.94. The fourth-order valence-corrected chi connectivity index (χ4v) is 3.47. The summed E-state index contributed by atoms with van der Waals surface area (Å²) in [5.74, 6) is 0.727. The van der Waals surface area contributed by atoms with Crippen LogP contribution >= 0.6 is 23.4 Å². The van der Waals surface area contributed by atoms with Crippen molar-refractivity contribution in [1.82, 2.24) is 20.2 Å². The summed E-state index contributed by atoms with van der Waals surface area (Å²) in [4.78, 5) is 0. The minimum Gasteiger partial charge on any atom is -0.187 e. The number of hydrogen-bond donors (Lipinski definition) is 0. The van der Waals surface area contributed by atoms with Crippen LogP contribution in [-0.2, 0) is 5.75 Å². The van der Waals surface area contributed by atoms with Crippen LogP contribution in [-0.4, -0.2) is 20.2 Å². The zero-order valence-corrected chi connectivity index (χ0v) is 13.9. The summed E-state index contributed by atoms with van der Waals surface area (Å²) in [6, 6.07) is 14.0. The van der Waals surface area contributed by atoms with Crippen molar-refractivity contribution in [3.8, 4) is 5.69 Å². The Bertz CT molecular complexity index is 780. The Balaban J connectivity index is 1.89. The third-order valence-corrected chi connectivity index (χ3v) is 4.74. The number of rotatable bonds is 4. The van der Waals surface area contributed by atoms with Crippen molar-refractivity contribution >= 4 is 23.4 Å². The standard InChI is InChI=1S/C16H15ClN4S/c1-11-6-5-7-12(2)15(11)21-16(18-19-20-21)22-10-13-8-3-4-9-14(13)17/h3-9H,10H2,1-2H3. The fourth-order valence-electron chi connectivity index (χ4n) is 2.31. The first-order chi connectivity index (χ1) is 10.7. The normalized spacial score (nSPS) is 10.9. The summed E-state index contributed by atoms with van der Waals surface area (Å²) < 4.78 is 1.80. The fraction of sp³-hybridized carbons (Fsp3) is 0.188. The average molecular weight is 331 g/mol. The largest absolute Gasteiger partial charge is 0.214 e. The second-order valence-corrected chi connectivity index (χ2v) is 6.34. The molecule has 0 aliphatic heterocycles. The third-order valence-electron chi connectivity index (χ3n) is 3.41. The quantitative estimate of drug-likeness (QED) is 0.672. The second kappa shape index (κ2) is 6.50. The summed E-state index contributed by atoms with van der Waals surface area (Å²) in [6.07, 6.45) is 0. The number of aryl methyl sites for hydroxylation is 2. The Morgan fingerprint density at radius 2 is 1.77 bits per heavy atom. The molecule has 0 N–H and O–H groups in total. The highest BCUT2D eigenvalue weighted by Gasteiger charge is 2.13. The molecule has 0 fully saturated rings. The molecule has 0 radical (unpaired) electrons. The van der Waals surface area contributed by atoms with Crippen LogP contribution in [0.4, 0.5) is 0 Å². The molecule has 0 unspecified atom stereocenters. The summed E-state index contributed by atoms with van der Waals surface area (Å²) in [5, 5.41) is 13.6. The van der Waals surface area contributed by atoms with Crippen molar-refractivity contribution in [2.75, 3.05) is 0 Å². The van der Waals surface area contributed by atoms with Gasteiger partial charge in [0.05, 0.1) is 5.69 Å². The van der Waals surface area contributed by atoms with Crippen LogP contribution in [0, 0.1) is 13.8 Å². The van der Waals surface area contributed by atoms with Crippen LogP contribution in [0.15, 0.2) is 47.6 Å². The van der Waals surface area contributed by atoms with Gasteiger partial charge in [-0.1, -0.05) is 59.8 Å². The Morgan fingerprint density at radius 1 is 1.05 bits per heavy atom. The second-order valence-electron chi connectivity index (χ2n) is 4.99. The van der Waals surface area contributed by atoms with Gasteiger partial charge >= 0.3 is 0 Å². The van der Waals surface area contributed by atoms with Gasteiger partial charge in [-0.2, -0.15) is 4.68 Å². The minimum absolute atomic E-state index is 0.727. The first-order valence-corrected chi connectivity index (χ1v) is 8.24. The molecule has 3 rings (SSSR count). The van der Waals surface area contributed by atoms with E-state index in [-0.39, 0.29) is 0 Å². The molecule has 1 aromatic heterocycles. The summed E-state index contributed by atoms with van der Waals surface area (Å²) in [6.45, 7) is 4.12. The van der Waals surface area contributed by atoms with Crippen LogP contribution in [0.25, 0.3) is 5.69 Å². The highest BCUT2D eigenvalue weighted by atomic mass is 35.5. The highest BCUT2D eigenvalue weighted by molar-refractivity contribution is 7.98. The molecular formula is C16H15ClN4S. The molecule has 0 bridgehead atoms. The molecule has 22 heavy (non-hydrogen) atoms. The Morgan fingerprint density at radius 3 is 2.50 bits per heavy atom. The molecule has 0 saturated heterocycles. The van der Waals surface area contributed by atoms with Crippen molar-refractivity contribution in [3.63, 3.8) is 0 Å². The van der Waals surface area contributed by atoms with E-state index in [2.05, 4.69) is 41.5 Å². The lowest BCUT2D eigenvalue weighted by molar-refractivity contribution is 0.747. The van der Waals surface area contributed by atoms with Crippen molar-refractivity contribution < 1.29 is 0 Å². The van der Waals surface area contributed by atoms with E-state index in [1.54, 1.807) is 16.4 Å². The van der Waals surface area contributed by atoms with E-state index in [0.29, 0.717) is 0 Å². The third kappa shape index (κ3) is 3.00. The van der Waals surface area contributed by atoms with Crippen molar-refractivity contribution in [1.29, 1.82) is 0 Å². The zero-order valence-electron chi connectivity index (χ0n) is 12.3. The number of hydrogen-bond acceptors (Lipinski definition) is 4. The van der Waals surface area contributed by atoms with Gasteiger partial charge in [-0.3, -0.25) is 0 Å². The maximum absolute atomic E-state index is 6.20. The Hall–Kier alpha value is -1.85. The number of benzene rings is 2.